The number of hydrogen-bond donors (Lipinski definition) is 0. The third-order valence-electron chi connectivity index (χ3n) is 2.31. The molecule has 0 heterocycles. The molecule has 0 aromatic carbocycles. The lowest BCUT2D eigenvalue weighted by molar-refractivity contribution is -0.116. The van der Waals surface area contributed by atoms with Crippen molar-refractivity contribution in [3.05, 3.63) is 22.4 Å². The lowest BCUT2D eigenvalue weighted by atomic mass is 9.90. The molecule has 0 amide bonds. The summed E-state index contributed by atoms with van der Waals surface area (Å²) in [5, 5.41) is 0. The summed E-state index contributed by atoms with van der Waals surface area (Å²) in [4.78, 5) is 26.6. The molecule has 0 aliphatic heterocycles. The first-order chi connectivity index (χ1) is 6.00. The van der Waals surface area contributed by atoms with Crippen LogP contribution in [0.25, 0.3) is 0 Å². The van der Waals surface area contributed by atoms with Crippen LogP contribution in [0.4, 0.5) is 0 Å². The minimum Gasteiger partial charge on any atom is -0.289 e. The summed E-state index contributed by atoms with van der Waals surface area (Å²) in [7, 11) is 0. The van der Waals surface area contributed by atoms with Gasteiger partial charge in [-0.2, -0.15) is 0 Å². The van der Waals surface area contributed by atoms with Gasteiger partial charge in [0.25, 0.3) is 0 Å². The van der Waals surface area contributed by atoms with Crippen LogP contribution < -0.4 is 0 Å². The lowest BCUT2D eigenvalue weighted by Crippen LogP contribution is -2.19. The minimum atomic E-state index is -0.190. The van der Waals surface area contributed by atoms with Crippen molar-refractivity contribution in [3.8, 4) is 0 Å². The molecule has 0 saturated heterocycles. The van der Waals surface area contributed by atoms with E-state index in [0.717, 1.165) is 0 Å². The molecule has 0 N–H and O–H groups in total. The number of aliphatic imine (C=N–C) groups is 1. The van der Waals surface area contributed by atoms with Gasteiger partial charge < -0.3 is 0 Å². The van der Waals surface area contributed by atoms with Gasteiger partial charge in [-0.25, -0.2) is 0 Å². The van der Waals surface area contributed by atoms with Crippen molar-refractivity contribution >= 4 is 18.3 Å². The van der Waals surface area contributed by atoms with Crippen LogP contribution in [-0.4, -0.2) is 18.3 Å². The van der Waals surface area contributed by atoms with Gasteiger partial charge in [0.05, 0.1) is 0 Å². The minimum absolute atomic E-state index is 0.112. The average Bonchev–Trinajstić information content (AvgIpc) is 2.13. The average molecular weight is 177 g/mol. The van der Waals surface area contributed by atoms with E-state index in [2.05, 4.69) is 11.7 Å². The Morgan fingerprint density at radius 1 is 0.923 bits per heavy atom. The zero-order valence-corrected chi connectivity index (χ0v) is 7.97. The number of allylic oxidation sites excluding steroid dienone is 3. The predicted molar refractivity (Wildman–Crippen MR) is 50.6 cm³/mol. The van der Waals surface area contributed by atoms with E-state index in [9.17, 15) is 9.59 Å². The first-order valence-electron chi connectivity index (χ1n) is 3.95. The van der Waals surface area contributed by atoms with Crippen molar-refractivity contribution in [2.24, 2.45) is 4.99 Å². The molecule has 0 fully saturated rings. The largest absolute Gasteiger partial charge is 0.289 e. The van der Waals surface area contributed by atoms with E-state index in [0.29, 0.717) is 16.7 Å². The van der Waals surface area contributed by atoms with Gasteiger partial charge in [0.1, 0.15) is 5.70 Å². The Labute approximate surface area is 76.9 Å². The predicted octanol–water partition coefficient (Wildman–Crippen LogP) is 1.45. The van der Waals surface area contributed by atoms with E-state index in [1.807, 2.05) is 0 Å². The Balaban J connectivity index is 3.37. The summed E-state index contributed by atoms with van der Waals surface area (Å²) < 4.78 is 0. The molecule has 68 valence electrons. The third kappa shape index (κ3) is 1.26. The van der Waals surface area contributed by atoms with Crippen LogP contribution >= 0.6 is 0 Å². The normalized spacial score (nSPS) is 18.4. The second-order valence-electron chi connectivity index (χ2n) is 3.04. The van der Waals surface area contributed by atoms with E-state index in [-0.39, 0.29) is 17.3 Å². The van der Waals surface area contributed by atoms with Crippen LogP contribution in [0.1, 0.15) is 20.8 Å². The van der Waals surface area contributed by atoms with E-state index in [1.165, 1.54) is 0 Å². The zero-order valence-electron chi connectivity index (χ0n) is 7.97. The fourth-order valence-corrected chi connectivity index (χ4v) is 1.27. The fourth-order valence-electron chi connectivity index (χ4n) is 1.27. The first-order valence-corrected chi connectivity index (χ1v) is 3.95. The monoisotopic (exact) mass is 177 g/mol. The molecule has 3 nitrogen and oxygen atoms in total. The Bertz CT molecular complexity index is 372. The number of rotatable bonds is 1. The summed E-state index contributed by atoms with van der Waals surface area (Å²) in [6.07, 6.45) is 0. The highest BCUT2D eigenvalue weighted by Crippen LogP contribution is 2.24. The van der Waals surface area contributed by atoms with E-state index in [4.69, 9.17) is 0 Å². The maximum atomic E-state index is 11.5. The zero-order chi connectivity index (χ0) is 10.2. The molecule has 0 aromatic rings. The van der Waals surface area contributed by atoms with Gasteiger partial charge in [-0.05, 0) is 27.5 Å². The van der Waals surface area contributed by atoms with E-state index >= 15 is 0 Å². The molecule has 13 heavy (non-hydrogen) atoms. The smallest absolute Gasteiger partial charge is 0.207 e. The first kappa shape index (κ1) is 9.58. The Kier molecular flexibility index (Phi) is 2.28. The van der Waals surface area contributed by atoms with Crippen LogP contribution in [0.5, 0.6) is 0 Å². The van der Waals surface area contributed by atoms with Crippen molar-refractivity contribution in [2.75, 3.05) is 0 Å². The Morgan fingerprint density at radius 3 is 1.85 bits per heavy atom. The summed E-state index contributed by atoms with van der Waals surface area (Å²) in [6, 6.07) is 0. The van der Waals surface area contributed by atoms with E-state index in [1.54, 1.807) is 20.8 Å². The van der Waals surface area contributed by atoms with Crippen LogP contribution in [0, 0.1) is 0 Å². The van der Waals surface area contributed by atoms with Gasteiger partial charge in [0.2, 0.25) is 5.78 Å². The summed E-state index contributed by atoms with van der Waals surface area (Å²) >= 11 is 0. The Hall–Kier alpha value is -1.51. The molecule has 1 rings (SSSR count). The van der Waals surface area contributed by atoms with Gasteiger partial charge in [-0.15, -0.1) is 0 Å². The van der Waals surface area contributed by atoms with Crippen molar-refractivity contribution in [1.82, 2.24) is 0 Å². The summed E-state index contributed by atoms with van der Waals surface area (Å²) in [5.41, 5.74) is 1.56. The molecular weight excluding hydrogens is 166 g/mol. The fraction of sp³-hybridized carbons (Fsp3) is 0.300. The molecule has 3 heteroatoms. The van der Waals surface area contributed by atoms with Gasteiger partial charge in [-0.1, -0.05) is 0 Å². The second kappa shape index (κ2) is 3.09. The van der Waals surface area contributed by atoms with Crippen molar-refractivity contribution in [2.45, 2.75) is 20.8 Å². The molecule has 0 spiro atoms. The molecule has 0 bridgehead atoms. The van der Waals surface area contributed by atoms with Gasteiger partial charge >= 0.3 is 0 Å². The van der Waals surface area contributed by atoms with Gasteiger partial charge in [0.15, 0.2) is 5.78 Å². The number of carbonyl (C=O) groups is 2. The number of hydrogen-bond acceptors (Lipinski definition) is 3. The topological polar surface area (TPSA) is 46.5 Å². The van der Waals surface area contributed by atoms with Crippen LogP contribution in [0.2, 0.25) is 0 Å². The van der Waals surface area contributed by atoms with E-state index < -0.39 is 0 Å². The second-order valence-corrected chi connectivity index (χ2v) is 3.04. The molecule has 0 aromatic heterocycles. The summed E-state index contributed by atoms with van der Waals surface area (Å²) in [5.74, 6) is -0.302. The molecule has 0 atom stereocenters. The van der Waals surface area contributed by atoms with Gasteiger partial charge in [-0.3, -0.25) is 14.6 Å². The standard InChI is InChI=1S/C10H11NO2/c1-5-6(2)10(13)8(11-4)7(3)9(5)12/h4H2,1-3H3. The number of nitrogens with zero attached hydrogens (tertiary/aromatic N) is 1. The lowest BCUT2D eigenvalue weighted by Gasteiger charge is -2.14. The quantitative estimate of drug-likeness (QED) is 0.449. The Morgan fingerprint density at radius 2 is 1.38 bits per heavy atom. The number of Topliss-reactive ketones (excluding diaryl/α,β-unsaturated/α-hetero) is 2. The van der Waals surface area contributed by atoms with Crippen molar-refractivity contribution in [3.63, 3.8) is 0 Å². The molecular formula is C10H11NO2. The summed E-state index contributed by atoms with van der Waals surface area (Å²) in [6.45, 7) is 8.16. The molecule has 1 aliphatic rings. The van der Waals surface area contributed by atoms with Crippen LogP contribution in [-0.2, 0) is 9.59 Å². The highest BCUT2D eigenvalue weighted by Gasteiger charge is 2.26. The third-order valence-corrected chi connectivity index (χ3v) is 2.31. The van der Waals surface area contributed by atoms with Crippen LogP contribution in [0.3, 0.4) is 0 Å². The van der Waals surface area contributed by atoms with Crippen LogP contribution in [0.15, 0.2) is 27.4 Å². The maximum absolute atomic E-state index is 11.5. The maximum Gasteiger partial charge on any atom is 0.207 e. The number of carbonyl (C=O) groups excluding carboxylic acids is 2. The molecule has 0 unspecified atom stereocenters. The van der Waals surface area contributed by atoms with Crippen molar-refractivity contribution in [1.29, 1.82) is 0 Å². The highest BCUT2D eigenvalue weighted by atomic mass is 16.1. The van der Waals surface area contributed by atoms with Crippen molar-refractivity contribution < 1.29 is 9.59 Å². The molecule has 0 saturated carbocycles. The highest BCUT2D eigenvalue weighted by molar-refractivity contribution is 6.24. The molecule has 0 radical (unpaired) electrons. The van der Waals surface area contributed by atoms with Gasteiger partial charge in [0, 0.05) is 16.7 Å². The SMILES string of the molecule is C=NC1=C(C)C(=O)C(C)=C(C)C1=O. The number of ketones is 2. The molecule has 1 aliphatic carbocycles.